The molecular weight excluding hydrogens is 234 g/mol. The lowest BCUT2D eigenvalue weighted by molar-refractivity contribution is -0.141. The average molecular weight is 251 g/mol. The molecule has 0 saturated carbocycles. The van der Waals surface area contributed by atoms with Gasteiger partial charge in [0.15, 0.2) is 0 Å². The van der Waals surface area contributed by atoms with Gasteiger partial charge in [-0.3, -0.25) is 4.79 Å². The summed E-state index contributed by atoms with van der Waals surface area (Å²) in [6, 6.07) is 10.4. The molecule has 1 aliphatic heterocycles. The first-order chi connectivity index (χ1) is 8.18. The summed E-state index contributed by atoms with van der Waals surface area (Å²) in [4.78, 5) is 11.1. The normalized spacial score (nSPS) is 25.7. The molecule has 1 aromatic rings. The van der Waals surface area contributed by atoms with Crippen molar-refractivity contribution in [2.45, 2.75) is 19.0 Å². The molecular formula is C13H17NO2S. The molecule has 2 N–H and O–H groups in total. The van der Waals surface area contributed by atoms with Crippen molar-refractivity contribution in [3.8, 4) is 0 Å². The highest BCUT2D eigenvalue weighted by Gasteiger charge is 2.34. The summed E-state index contributed by atoms with van der Waals surface area (Å²) >= 11 is 1.71. The first-order valence-electron chi connectivity index (χ1n) is 5.80. The zero-order valence-electron chi connectivity index (χ0n) is 9.80. The zero-order chi connectivity index (χ0) is 12.3. The molecule has 2 rings (SSSR count). The van der Waals surface area contributed by atoms with Gasteiger partial charge in [-0.05, 0) is 12.5 Å². The highest BCUT2D eigenvalue weighted by atomic mass is 32.2. The van der Waals surface area contributed by atoms with Gasteiger partial charge < -0.3 is 10.4 Å². The second kappa shape index (κ2) is 5.56. The summed E-state index contributed by atoms with van der Waals surface area (Å²) in [7, 11) is 0. The molecule has 0 aromatic heterocycles. The van der Waals surface area contributed by atoms with Gasteiger partial charge in [0.25, 0.3) is 0 Å². The Bertz CT molecular complexity index is 382. The Morgan fingerprint density at radius 2 is 2.12 bits per heavy atom. The maximum absolute atomic E-state index is 11.1. The van der Waals surface area contributed by atoms with Crippen LogP contribution in [0.25, 0.3) is 0 Å². The standard InChI is InChI=1S/C13H17NO2S/c1-9(10-5-3-2-4-6-10)14-12-8-17-7-11(12)13(15)16/h2-6,9,11-12,14H,7-8H2,1H3,(H,15,16)/t9-,11-,12-/m1/s1. The maximum Gasteiger partial charge on any atom is 0.308 e. The molecule has 1 aromatic carbocycles. The van der Waals surface area contributed by atoms with Crippen molar-refractivity contribution in [2.75, 3.05) is 11.5 Å². The van der Waals surface area contributed by atoms with Gasteiger partial charge in [-0.1, -0.05) is 30.3 Å². The summed E-state index contributed by atoms with van der Waals surface area (Å²) in [5, 5.41) is 12.5. The van der Waals surface area contributed by atoms with Crippen molar-refractivity contribution in [3.63, 3.8) is 0 Å². The topological polar surface area (TPSA) is 49.3 Å². The predicted molar refractivity (Wildman–Crippen MR) is 70.2 cm³/mol. The molecule has 0 spiro atoms. The van der Waals surface area contributed by atoms with Crippen LogP contribution in [0.15, 0.2) is 30.3 Å². The van der Waals surface area contributed by atoms with Gasteiger partial charge in [0.2, 0.25) is 0 Å². The fourth-order valence-corrected chi connectivity index (χ4v) is 3.47. The summed E-state index contributed by atoms with van der Waals surface area (Å²) in [5.41, 5.74) is 1.20. The van der Waals surface area contributed by atoms with Gasteiger partial charge >= 0.3 is 5.97 Å². The van der Waals surface area contributed by atoms with Gasteiger partial charge in [-0.25, -0.2) is 0 Å². The third-order valence-electron chi connectivity index (χ3n) is 3.16. The van der Waals surface area contributed by atoms with Gasteiger partial charge in [0.05, 0.1) is 5.92 Å². The number of carbonyl (C=O) groups is 1. The van der Waals surface area contributed by atoms with Crippen molar-refractivity contribution in [3.05, 3.63) is 35.9 Å². The smallest absolute Gasteiger partial charge is 0.308 e. The molecule has 1 saturated heterocycles. The molecule has 0 bridgehead atoms. The molecule has 0 unspecified atom stereocenters. The Labute approximate surface area is 106 Å². The largest absolute Gasteiger partial charge is 0.481 e. The monoisotopic (exact) mass is 251 g/mol. The van der Waals surface area contributed by atoms with Crippen LogP contribution in [-0.4, -0.2) is 28.6 Å². The Balaban J connectivity index is 1.99. The van der Waals surface area contributed by atoms with Crippen LogP contribution in [0.2, 0.25) is 0 Å². The molecule has 92 valence electrons. The van der Waals surface area contributed by atoms with E-state index < -0.39 is 5.97 Å². The quantitative estimate of drug-likeness (QED) is 0.861. The molecule has 3 nitrogen and oxygen atoms in total. The van der Waals surface area contributed by atoms with E-state index in [4.69, 9.17) is 5.11 Å². The molecule has 1 heterocycles. The minimum absolute atomic E-state index is 0.0766. The number of benzene rings is 1. The predicted octanol–water partition coefficient (Wildman–Crippen LogP) is 2.15. The lowest BCUT2D eigenvalue weighted by atomic mass is 10.0. The van der Waals surface area contributed by atoms with E-state index in [9.17, 15) is 4.79 Å². The van der Waals surface area contributed by atoms with E-state index in [0.29, 0.717) is 5.75 Å². The van der Waals surface area contributed by atoms with E-state index in [0.717, 1.165) is 5.75 Å². The van der Waals surface area contributed by atoms with E-state index in [1.807, 2.05) is 18.2 Å². The van der Waals surface area contributed by atoms with Crippen LogP contribution < -0.4 is 5.32 Å². The highest BCUT2D eigenvalue weighted by molar-refractivity contribution is 7.99. The highest BCUT2D eigenvalue weighted by Crippen LogP contribution is 2.26. The molecule has 4 heteroatoms. The van der Waals surface area contributed by atoms with Crippen molar-refractivity contribution in [1.82, 2.24) is 5.32 Å². The third-order valence-corrected chi connectivity index (χ3v) is 4.35. The number of nitrogens with one attached hydrogen (secondary N) is 1. The van der Waals surface area contributed by atoms with Gasteiger partial charge in [-0.2, -0.15) is 11.8 Å². The Hall–Kier alpha value is -1.00. The van der Waals surface area contributed by atoms with Gasteiger partial charge in [0.1, 0.15) is 0 Å². The Morgan fingerprint density at radius 3 is 2.76 bits per heavy atom. The average Bonchev–Trinajstić information content (AvgIpc) is 2.78. The maximum atomic E-state index is 11.1. The molecule has 0 radical (unpaired) electrons. The third kappa shape index (κ3) is 3.01. The van der Waals surface area contributed by atoms with Crippen LogP contribution in [0, 0.1) is 5.92 Å². The lowest BCUT2D eigenvalue weighted by Gasteiger charge is -2.22. The van der Waals surface area contributed by atoms with E-state index in [1.54, 1.807) is 11.8 Å². The summed E-state index contributed by atoms with van der Waals surface area (Å²) in [5.74, 6) is 0.654. The van der Waals surface area contributed by atoms with Crippen LogP contribution >= 0.6 is 11.8 Å². The Morgan fingerprint density at radius 1 is 1.41 bits per heavy atom. The van der Waals surface area contributed by atoms with Crippen LogP contribution in [0.3, 0.4) is 0 Å². The van der Waals surface area contributed by atoms with Crippen LogP contribution in [0.4, 0.5) is 0 Å². The number of aliphatic carboxylic acids is 1. The van der Waals surface area contributed by atoms with Crippen LogP contribution in [0.1, 0.15) is 18.5 Å². The van der Waals surface area contributed by atoms with Crippen LogP contribution in [0.5, 0.6) is 0 Å². The molecule has 17 heavy (non-hydrogen) atoms. The minimum Gasteiger partial charge on any atom is -0.481 e. The molecule has 1 fully saturated rings. The summed E-state index contributed by atoms with van der Waals surface area (Å²) in [6.45, 7) is 2.08. The lowest BCUT2D eigenvalue weighted by Crippen LogP contribution is -2.40. The van der Waals surface area contributed by atoms with Crippen molar-refractivity contribution >= 4 is 17.7 Å². The fraction of sp³-hybridized carbons (Fsp3) is 0.462. The molecule has 3 atom stereocenters. The fourth-order valence-electron chi connectivity index (χ4n) is 2.12. The number of hydrogen-bond acceptors (Lipinski definition) is 3. The molecule has 0 aliphatic carbocycles. The van der Waals surface area contributed by atoms with Crippen molar-refractivity contribution < 1.29 is 9.90 Å². The molecule has 0 amide bonds. The first-order valence-corrected chi connectivity index (χ1v) is 6.95. The SMILES string of the molecule is C[C@@H](N[C@@H]1CSC[C@H]1C(=O)O)c1ccccc1. The van der Waals surface area contributed by atoms with Crippen molar-refractivity contribution in [2.24, 2.45) is 5.92 Å². The molecule has 1 aliphatic rings. The van der Waals surface area contributed by atoms with E-state index in [2.05, 4.69) is 24.4 Å². The van der Waals surface area contributed by atoms with E-state index >= 15 is 0 Å². The number of carboxylic acids is 1. The van der Waals surface area contributed by atoms with E-state index in [1.165, 1.54) is 5.56 Å². The first kappa shape index (κ1) is 12.5. The summed E-state index contributed by atoms with van der Waals surface area (Å²) in [6.07, 6.45) is 0. The second-order valence-corrected chi connectivity index (χ2v) is 5.46. The van der Waals surface area contributed by atoms with E-state index in [-0.39, 0.29) is 18.0 Å². The Kier molecular flexibility index (Phi) is 4.07. The second-order valence-electron chi connectivity index (χ2n) is 4.39. The summed E-state index contributed by atoms with van der Waals surface area (Å²) < 4.78 is 0. The number of carboxylic acid groups (broad SMARTS) is 1. The number of thioether (sulfide) groups is 1. The van der Waals surface area contributed by atoms with Gasteiger partial charge in [-0.15, -0.1) is 0 Å². The van der Waals surface area contributed by atoms with Gasteiger partial charge in [0, 0.05) is 23.6 Å². The number of hydrogen-bond donors (Lipinski definition) is 2. The van der Waals surface area contributed by atoms with Crippen molar-refractivity contribution in [1.29, 1.82) is 0 Å². The van der Waals surface area contributed by atoms with Crippen LogP contribution in [-0.2, 0) is 4.79 Å². The number of rotatable bonds is 4. The zero-order valence-corrected chi connectivity index (χ0v) is 10.6. The minimum atomic E-state index is -0.687.